The highest BCUT2D eigenvalue weighted by molar-refractivity contribution is 5.66. The molecular weight excluding hydrogens is 190 g/mol. The summed E-state index contributed by atoms with van der Waals surface area (Å²) in [7, 11) is 0. The molecule has 0 heterocycles. The van der Waals surface area contributed by atoms with Crippen LogP contribution in [0.5, 0.6) is 0 Å². The molecule has 0 aliphatic rings. The molecule has 15 heavy (non-hydrogen) atoms. The summed E-state index contributed by atoms with van der Waals surface area (Å²) in [5, 5.41) is 11.9. The van der Waals surface area contributed by atoms with Gasteiger partial charge in [0.15, 0.2) is 0 Å². The number of rotatable bonds is 9. The standard InChI is InChI=1S/C12H25NO2/c1-10(2)7-8-11(3)13-9-5-4-6-12(14)15/h10-11,13H,4-9H2,1-3H3,(H,14,15). The molecule has 0 saturated heterocycles. The topological polar surface area (TPSA) is 49.3 Å². The molecule has 0 fully saturated rings. The quantitative estimate of drug-likeness (QED) is 0.581. The molecule has 3 heteroatoms. The highest BCUT2D eigenvalue weighted by atomic mass is 16.4. The van der Waals surface area contributed by atoms with E-state index in [0.29, 0.717) is 12.5 Å². The number of hydrogen-bond acceptors (Lipinski definition) is 2. The van der Waals surface area contributed by atoms with Gasteiger partial charge in [-0.1, -0.05) is 13.8 Å². The van der Waals surface area contributed by atoms with Crippen molar-refractivity contribution in [3.8, 4) is 0 Å². The smallest absolute Gasteiger partial charge is 0.303 e. The zero-order valence-corrected chi connectivity index (χ0v) is 10.3. The van der Waals surface area contributed by atoms with E-state index < -0.39 is 5.97 Å². The van der Waals surface area contributed by atoms with Crippen LogP contribution in [0.1, 0.15) is 52.9 Å². The molecule has 0 aromatic heterocycles. The molecule has 90 valence electrons. The lowest BCUT2D eigenvalue weighted by molar-refractivity contribution is -0.137. The summed E-state index contributed by atoms with van der Waals surface area (Å²) < 4.78 is 0. The maximum absolute atomic E-state index is 10.3. The molecule has 1 atom stereocenters. The van der Waals surface area contributed by atoms with Crippen LogP contribution in [0.25, 0.3) is 0 Å². The third kappa shape index (κ3) is 11.4. The molecule has 0 aliphatic heterocycles. The van der Waals surface area contributed by atoms with Crippen molar-refractivity contribution in [2.24, 2.45) is 5.92 Å². The Hall–Kier alpha value is -0.570. The number of carboxylic acids is 1. The van der Waals surface area contributed by atoms with Gasteiger partial charge in [0.05, 0.1) is 0 Å². The fourth-order valence-electron chi connectivity index (χ4n) is 1.44. The Kier molecular flexibility index (Phi) is 8.38. The van der Waals surface area contributed by atoms with E-state index in [1.165, 1.54) is 12.8 Å². The molecule has 0 amide bonds. The maximum atomic E-state index is 10.3. The number of aliphatic carboxylic acids is 1. The molecule has 0 bridgehead atoms. The Morgan fingerprint density at radius 2 is 1.87 bits per heavy atom. The average molecular weight is 215 g/mol. The normalized spacial score (nSPS) is 13.1. The van der Waals surface area contributed by atoms with Gasteiger partial charge in [0.25, 0.3) is 0 Å². The Morgan fingerprint density at radius 1 is 1.20 bits per heavy atom. The SMILES string of the molecule is CC(C)CCC(C)NCCCCC(=O)O. The first-order valence-electron chi connectivity index (χ1n) is 5.97. The van der Waals surface area contributed by atoms with Gasteiger partial charge in [-0.15, -0.1) is 0 Å². The van der Waals surface area contributed by atoms with Crippen LogP contribution in [0.2, 0.25) is 0 Å². The largest absolute Gasteiger partial charge is 0.481 e. The van der Waals surface area contributed by atoms with Crippen LogP contribution in [0, 0.1) is 5.92 Å². The van der Waals surface area contributed by atoms with Crippen molar-refractivity contribution in [2.45, 2.75) is 58.9 Å². The van der Waals surface area contributed by atoms with Crippen molar-refractivity contribution in [2.75, 3.05) is 6.54 Å². The van der Waals surface area contributed by atoms with E-state index in [1.54, 1.807) is 0 Å². The van der Waals surface area contributed by atoms with Crippen molar-refractivity contribution in [3.63, 3.8) is 0 Å². The van der Waals surface area contributed by atoms with Gasteiger partial charge in [0.1, 0.15) is 0 Å². The van der Waals surface area contributed by atoms with Crippen molar-refractivity contribution in [1.82, 2.24) is 5.32 Å². The van der Waals surface area contributed by atoms with Crippen molar-refractivity contribution in [3.05, 3.63) is 0 Å². The minimum absolute atomic E-state index is 0.294. The molecule has 2 N–H and O–H groups in total. The summed E-state index contributed by atoms with van der Waals surface area (Å²) in [6.45, 7) is 7.60. The summed E-state index contributed by atoms with van der Waals surface area (Å²) in [4.78, 5) is 10.3. The summed E-state index contributed by atoms with van der Waals surface area (Å²) in [6.07, 6.45) is 4.49. The predicted molar refractivity (Wildman–Crippen MR) is 63.0 cm³/mol. The first-order chi connectivity index (χ1) is 7.02. The van der Waals surface area contributed by atoms with E-state index in [0.717, 1.165) is 25.3 Å². The molecule has 0 aromatic carbocycles. The Morgan fingerprint density at radius 3 is 2.40 bits per heavy atom. The number of carbonyl (C=O) groups is 1. The van der Waals surface area contributed by atoms with Gasteiger partial charge in [-0.2, -0.15) is 0 Å². The average Bonchev–Trinajstić information content (AvgIpc) is 2.13. The van der Waals surface area contributed by atoms with Crippen molar-refractivity contribution >= 4 is 5.97 Å². The second-order valence-electron chi connectivity index (χ2n) is 4.68. The van der Waals surface area contributed by atoms with Crippen molar-refractivity contribution in [1.29, 1.82) is 0 Å². The van der Waals surface area contributed by atoms with Crippen molar-refractivity contribution < 1.29 is 9.90 Å². The molecule has 0 rings (SSSR count). The summed E-state index contributed by atoms with van der Waals surface area (Å²) in [5.74, 6) is 0.0733. The van der Waals surface area contributed by atoms with Gasteiger partial charge in [-0.3, -0.25) is 4.79 Å². The predicted octanol–water partition coefficient (Wildman–Crippen LogP) is 2.66. The molecular formula is C12H25NO2. The van der Waals surface area contributed by atoms with Crippen LogP contribution in [0.15, 0.2) is 0 Å². The van der Waals surface area contributed by atoms with Crippen LogP contribution >= 0.6 is 0 Å². The zero-order chi connectivity index (χ0) is 11.7. The third-order valence-corrected chi connectivity index (χ3v) is 2.49. The van der Waals surface area contributed by atoms with Crippen LogP contribution in [-0.4, -0.2) is 23.7 Å². The van der Waals surface area contributed by atoms with E-state index in [4.69, 9.17) is 5.11 Å². The monoisotopic (exact) mass is 215 g/mol. The maximum Gasteiger partial charge on any atom is 0.303 e. The lowest BCUT2D eigenvalue weighted by Crippen LogP contribution is -2.27. The third-order valence-electron chi connectivity index (χ3n) is 2.49. The second-order valence-corrected chi connectivity index (χ2v) is 4.68. The zero-order valence-electron chi connectivity index (χ0n) is 10.3. The number of hydrogen-bond donors (Lipinski definition) is 2. The minimum atomic E-state index is -0.692. The Bertz CT molecular complexity index is 169. The summed E-state index contributed by atoms with van der Waals surface area (Å²) in [6, 6.07) is 0.553. The lowest BCUT2D eigenvalue weighted by Gasteiger charge is -2.14. The van der Waals surface area contributed by atoms with Crippen LogP contribution in [0.4, 0.5) is 0 Å². The van der Waals surface area contributed by atoms with Gasteiger partial charge in [0.2, 0.25) is 0 Å². The van der Waals surface area contributed by atoms with E-state index in [-0.39, 0.29) is 0 Å². The Labute approximate surface area is 93.3 Å². The Balaban J connectivity index is 3.23. The molecule has 0 aliphatic carbocycles. The molecule has 1 unspecified atom stereocenters. The highest BCUT2D eigenvalue weighted by Crippen LogP contribution is 2.06. The first kappa shape index (κ1) is 14.4. The van der Waals surface area contributed by atoms with E-state index >= 15 is 0 Å². The van der Waals surface area contributed by atoms with E-state index in [1.807, 2.05) is 0 Å². The van der Waals surface area contributed by atoms with Crippen LogP contribution < -0.4 is 5.32 Å². The molecule has 3 nitrogen and oxygen atoms in total. The second kappa shape index (κ2) is 8.72. The fourth-order valence-corrected chi connectivity index (χ4v) is 1.44. The van der Waals surface area contributed by atoms with Gasteiger partial charge in [0, 0.05) is 12.5 Å². The first-order valence-corrected chi connectivity index (χ1v) is 5.97. The van der Waals surface area contributed by atoms with Gasteiger partial charge < -0.3 is 10.4 Å². The minimum Gasteiger partial charge on any atom is -0.481 e. The fraction of sp³-hybridized carbons (Fsp3) is 0.917. The van der Waals surface area contributed by atoms with E-state index in [2.05, 4.69) is 26.1 Å². The van der Waals surface area contributed by atoms with Crippen LogP contribution in [0.3, 0.4) is 0 Å². The summed E-state index contributed by atoms with van der Waals surface area (Å²) >= 11 is 0. The van der Waals surface area contributed by atoms with Gasteiger partial charge in [-0.05, 0) is 45.1 Å². The highest BCUT2D eigenvalue weighted by Gasteiger charge is 2.02. The molecule has 0 radical (unpaired) electrons. The number of unbranched alkanes of at least 4 members (excludes halogenated alkanes) is 1. The van der Waals surface area contributed by atoms with Gasteiger partial charge in [-0.25, -0.2) is 0 Å². The van der Waals surface area contributed by atoms with Crippen LogP contribution in [-0.2, 0) is 4.79 Å². The molecule has 0 saturated carbocycles. The number of carboxylic acid groups (broad SMARTS) is 1. The molecule has 0 spiro atoms. The number of nitrogens with one attached hydrogen (secondary N) is 1. The van der Waals surface area contributed by atoms with E-state index in [9.17, 15) is 4.79 Å². The molecule has 0 aromatic rings. The van der Waals surface area contributed by atoms with Gasteiger partial charge >= 0.3 is 5.97 Å². The lowest BCUT2D eigenvalue weighted by atomic mass is 10.0. The summed E-state index contributed by atoms with van der Waals surface area (Å²) in [5.41, 5.74) is 0.